The summed E-state index contributed by atoms with van der Waals surface area (Å²) >= 11 is 0. The van der Waals surface area contributed by atoms with Crippen LogP contribution in [0.4, 0.5) is 0 Å². The Balaban J connectivity index is 2.20. The molecular weight excluding hydrogens is 204 g/mol. The molecule has 1 saturated heterocycles. The van der Waals surface area contributed by atoms with Crippen LogP contribution in [0, 0.1) is 11.8 Å². The van der Waals surface area contributed by atoms with Crippen LogP contribution in [-0.4, -0.2) is 25.3 Å². The van der Waals surface area contributed by atoms with Crippen LogP contribution >= 0.6 is 0 Å². The molecule has 1 aliphatic rings. The molecule has 94 valence electrons. The van der Waals surface area contributed by atoms with Crippen LogP contribution in [0.1, 0.15) is 46.5 Å². The quantitative estimate of drug-likeness (QED) is 0.679. The van der Waals surface area contributed by atoms with E-state index in [1.807, 2.05) is 6.92 Å². The Bertz CT molecular complexity index is 215. The number of ether oxygens (including phenoxy) is 2. The van der Waals surface area contributed by atoms with Gasteiger partial charge in [-0.25, -0.2) is 0 Å². The largest absolute Gasteiger partial charge is 0.465 e. The molecule has 1 rings (SSSR count). The molecule has 16 heavy (non-hydrogen) atoms. The molecule has 1 heterocycles. The number of rotatable bonds is 5. The van der Waals surface area contributed by atoms with E-state index in [2.05, 4.69) is 13.8 Å². The first-order valence-electron chi connectivity index (χ1n) is 6.41. The molecule has 0 aromatic rings. The van der Waals surface area contributed by atoms with Gasteiger partial charge in [0.05, 0.1) is 18.6 Å². The first-order valence-corrected chi connectivity index (χ1v) is 6.41. The lowest BCUT2D eigenvalue weighted by Gasteiger charge is -2.27. The van der Waals surface area contributed by atoms with Crippen LogP contribution in [0.25, 0.3) is 0 Å². The summed E-state index contributed by atoms with van der Waals surface area (Å²) < 4.78 is 10.8. The van der Waals surface area contributed by atoms with Gasteiger partial charge in [-0.15, -0.1) is 0 Å². The SMILES string of the molecule is CCCC(C)C(=O)OCC1CCOC(C)C1. The normalized spacial score (nSPS) is 27.4. The van der Waals surface area contributed by atoms with E-state index in [4.69, 9.17) is 9.47 Å². The molecule has 0 aromatic heterocycles. The summed E-state index contributed by atoms with van der Waals surface area (Å²) in [5, 5.41) is 0. The molecule has 3 heteroatoms. The van der Waals surface area contributed by atoms with Gasteiger partial charge in [0.2, 0.25) is 0 Å². The first-order chi connectivity index (χ1) is 7.63. The summed E-state index contributed by atoms with van der Waals surface area (Å²) in [6.45, 7) is 7.48. The number of hydrogen-bond acceptors (Lipinski definition) is 3. The molecule has 0 aliphatic carbocycles. The molecule has 0 radical (unpaired) electrons. The second-order valence-corrected chi connectivity index (χ2v) is 4.89. The van der Waals surface area contributed by atoms with Crippen molar-refractivity contribution in [2.24, 2.45) is 11.8 Å². The Labute approximate surface area is 98.5 Å². The summed E-state index contributed by atoms with van der Waals surface area (Å²) in [7, 11) is 0. The zero-order valence-corrected chi connectivity index (χ0v) is 10.7. The summed E-state index contributed by atoms with van der Waals surface area (Å²) in [5.74, 6) is 0.491. The van der Waals surface area contributed by atoms with Gasteiger partial charge in [0.15, 0.2) is 0 Å². The van der Waals surface area contributed by atoms with Crippen molar-refractivity contribution in [2.45, 2.75) is 52.6 Å². The molecule has 0 spiro atoms. The highest BCUT2D eigenvalue weighted by Crippen LogP contribution is 2.20. The molecule has 1 fully saturated rings. The van der Waals surface area contributed by atoms with Gasteiger partial charge in [-0.1, -0.05) is 20.3 Å². The smallest absolute Gasteiger partial charge is 0.308 e. The number of hydrogen-bond donors (Lipinski definition) is 0. The van der Waals surface area contributed by atoms with E-state index < -0.39 is 0 Å². The highest BCUT2D eigenvalue weighted by Gasteiger charge is 2.21. The number of carbonyl (C=O) groups is 1. The van der Waals surface area contributed by atoms with Gasteiger partial charge >= 0.3 is 5.97 Å². The summed E-state index contributed by atoms with van der Waals surface area (Å²) in [5.41, 5.74) is 0. The monoisotopic (exact) mass is 228 g/mol. The fraction of sp³-hybridized carbons (Fsp3) is 0.923. The molecule has 0 amide bonds. The molecule has 0 N–H and O–H groups in total. The van der Waals surface area contributed by atoms with E-state index in [0.717, 1.165) is 32.3 Å². The second-order valence-electron chi connectivity index (χ2n) is 4.89. The molecule has 0 saturated carbocycles. The Kier molecular flexibility index (Phi) is 5.81. The van der Waals surface area contributed by atoms with Gasteiger partial charge in [0.25, 0.3) is 0 Å². The van der Waals surface area contributed by atoms with E-state index in [0.29, 0.717) is 18.6 Å². The third-order valence-corrected chi connectivity index (χ3v) is 3.18. The van der Waals surface area contributed by atoms with Gasteiger partial charge in [0.1, 0.15) is 0 Å². The van der Waals surface area contributed by atoms with Crippen molar-refractivity contribution < 1.29 is 14.3 Å². The Morgan fingerprint density at radius 1 is 1.56 bits per heavy atom. The lowest BCUT2D eigenvalue weighted by molar-refractivity contribution is -0.151. The maximum atomic E-state index is 11.6. The van der Waals surface area contributed by atoms with Crippen molar-refractivity contribution in [3.05, 3.63) is 0 Å². The molecule has 3 nitrogen and oxygen atoms in total. The third kappa shape index (κ3) is 4.52. The average Bonchev–Trinajstić information content (AvgIpc) is 2.26. The van der Waals surface area contributed by atoms with Crippen molar-refractivity contribution in [3.63, 3.8) is 0 Å². The molecule has 3 atom stereocenters. The van der Waals surface area contributed by atoms with Crippen molar-refractivity contribution in [2.75, 3.05) is 13.2 Å². The topological polar surface area (TPSA) is 35.5 Å². The van der Waals surface area contributed by atoms with Gasteiger partial charge in [-0.2, -0.15) is 0 Å². The average molecular weight is 228 g/mol. The van der Waals surface area contributed by atoms with Crippen molar-refractivity contribution in [1.29, 1.82) is 0 Å². The zero-order chi connectivity index (χ0) is 12.0. The van der Waals surface area contributed by atoms with E-state index in [1.165, 1.54) is 0 Å². The van der Waals surface area contributed by atoms with E-state index >= 15 is 0 Å². The maximum absolute atomic E-state index is 11.6. The maximum Gasteiger partial charge on any atom is 0.308 e. The fourth-order valence-corrected chi connectivity index (χ4v) is 2.14. The minimum atomic E-state index is -0.0407. The molecular formula is C13H24O3. The van der Waals surface area contributed by atoms with Gasteiger partial charge in [-0.05, 0) is 32.1 Å². The highest BCUT2D eigenvalue weighted by atomic mass is 16.5. The third-order valence-electron chi connectivity index (χ3n) is 3.18. The number of carbonyl (C=O) groups excluding carboxylic acids is 1. The van der Waals surface area contributed by atoms with Gasteiger partial charge < -0.3 is 9.47 Å². The lowest BCUT2D eigenvalue weighted by Crippen LogP contribution is -2.28. The van der Waals surface area contributed by atoms with Crippen molar-refractivity contribution in [1.82, 2.24) is 0 Å². The van der Waals surface area contributed by atoms with E-state index in [9.17, 15) is 4.79 Å². The summed E-state index contributed by atoms with van der Waals surface area (Å²) in [6, 6.07) is 0. The Morgan fingerprint density at radius 3 is 2.94 bits per heavy atom. The van der Waals surface area contributed by atoms with Crippen molar-refractivity contribution in [3.8, 4) is 0 Å². The Morgan fingerprint density at radius 2 is 2.31 bits per heavy atom. The van der Waals surface area contributed by atoms with Crippen LogP contribution in [0.15, 0.2) is 0 Å². The minimum absolute atomic E-state index is 0.0407. The van der Waals surface area contributed by atoms with Crippen LogP contribution < -0.4 is 0 Å². The van der Waals surface area contributed by atoms with Crippen molar-refractivity contribution >= 4 is 5.97 Å². The van der Waals surface area contributed by atoms with Crippen LogP contribution in [0.3, 0.4) is 0 Å². The van der Waals surface area contributed by atoms with Gasteiger partial charge in [0, 0.05) is 6.61 Å². The standard InChI is InChI=1S/C13H24O3/c1-4-5-10(2)13(14)16-9-12-6-7-15-11(3)8-12/h10-12H,4-9H2,1-3H3. The molecule has 1 aliphatic heterocycles. The van der Waals surface area contributed by atoms with Gasteiger partial charge in [-0.3, -0.25) is 4.79 Å². The predicted octanol–water partition coefficient (Wildman–Crippen LogP) is 2.78. The predicted molar refractivity (Wildman–Crippen MR) is 63.2 cm³/mol. The Hall–Kier alpha value is -0.570. The van der Waals surface area contributed by atoms with E-state index in [-0.39, 0.29) is 11.9 Å². The second kappa shape index (κ2) is 6.89. The lowest BCUT2D eigenvalue weighted by atomic mass is 9.97. The summed E-state index contributed by atoms with van der Waals surface area (Å²) in [4.78, 5) is 11.6. The fourth-order valence-electron chi connectivity index (χ4n) is 2.14. The zero-order valence-electron chi connectivity index (χ0n) is 10.7. The van der Waals surface area contributed by atoms with Crippen LogP contribution in [-0.2, 0) is 14.3 Å². The van der Waals surface area contributed by atoms with Crippen LogP contribution in [0.2, 0.25) is 0 Å². The number of esters is 1. The summed E-state index contributed by atoms with van der Waals surface area (Å²) in [6.07, 6.45) is 4.29. The minimum Gasteiger partial charge on any atom is -0.465 e. The molecule has 0 aromatic carbocycles. The molecule has 0 bridgehead atoms. The molecule has 3 unspecified atom stereocenters. The first kappa shape index (κ1) is 13.5. The van der Waals surface area contributed by atoms with Crippen LogP contribution in [0.5, 0.6) is 0 Å². The van der Waals surface area contributed by atoms with E-state index in [1.54, 1.807) is 0 Å². The highest BCUT2D eigenvalue weighted by molar-refractivity contribution is 5.71.